The largest absolute Gasteiger partial charge is 0.480 e. The van der Waals surface area contributed by atoms with E-state index in [9.17, 15) is 4.79 Å². The van der Waals surface area contributed by atoms with Crippen LogP contribution in [0.25, 0.3) is 0 Å². The molecule has 1 aromatic rings. The number of carboxylic acid groups (broad SMARTS) is 1. The molecule has 1 atom stereocenters. The van der Waals surface area contributed by atoms with E-state index < -0.39 is 12.0 Å². The molecule has 0 radical (unpaired) electrons. The lowest BCUT2D eigenvalue weighted by Gasteiger charge is -2.20. The Morgan fingerprint density at radius 1 is 1.44 bits per heavy atom. The maximum absolute atomic E-state index is 11.0. The Kier molecular flexibility index (Phi) is 4.59. The first-order valence-electron chi connectivity index (χ1n) is 4.75. The summed E-state index contributed by atoms with van der Waals surface area (Å²) >= 11 is 11.8. The van der Waals surface area contributed by atoms with Crippen LogP contribution < -0.4 is 0 Å². The van der Waals surface area contributed by atoms with Crippen LogP contribution in [0.5, 0.6) is 0 Å². The molecule has 0 aliphatic heterocycles. The molecule has 0 saturated heterocycles. The molecule has 1 unspecified atom stereocenters. The molecule has 0 fully saturated rings. The zero-order valence-corrected chi connectivity index (χ0v) is 10.6. The number of hydrogen-bond acceptors (Lipinski definition) is 2. The van der Waals surface area contributed by atoms with Gasteiger partial charge < -0.3 is 5.11 Å². The summed E-state index contributed by atoms with van der Waals surface area (Å²) in [6.07, 6.45) is 0.359. The van der Waals surface area contributed by atoms with Crippen LogP contribution in [0.1, 0.15) is 5.56 Å². The SMILES string of the molecule is CN(C)C(Cc1ccc(Cl)cc1Cl)C(=O)O. The highest BCUT2D eigenvalue weighted by Gasteiger charge is 2.21. The molecule has 5 heteroatoms. The fourth-order valence-electron chi connectivity index (χ4n) is 1.39. The molecule has 0 spiro atoms. The molecule has 0 aromatic heterocycles. The molecule has 0 heterocycles. The monoisotopic (exact) mass is 261 g/mol. The van der Waals surface area contributed by atoms with Crippen molar-refractivity contribution in [2.75, 3.05) is 14.1 Å². The molecule has 0 amide bonds. The highest BCUT2D eigenvalue weighted by Crippen LogP contribution is 2.22. The normalized spacial score (nSPS) is 12.8. The van der Waals surface area contributed by atoms with Gasteiger partial charge in [-0.1, -0.05) is 29.3 Å². The van der Waals surface area contributed by atoms with E-state index in [0.717, 1.165) is 5.56 Å². The van der Waals surface area contributed by atoms with Gasteiger partial charge in [-0.25, -0.2) is 0 Å². The van der Waals surface area contributed by atoms with Crippen LogP contribution in [0.2, 0.25) is 10.0 Å². The van der Waals surface area contributed by atoms with Crippen LogP contribution in [-0.2, 0) is 11.2 Å². The van der Waals surface area contributed by atoms with Gasteiger partial charge in [-0.15, -0.1) is 0 Å². The number of hydrogen-bond donors (Lipinski definition) is 1. The van der Waals surface area contributed by atoms with Gasteiger partial charge in [0, 0.05) is 16.5 Å². The van der Waals surface area contributed by atoms with Crippen molar-refractivity contribution < 1.29 is 9.90 Å². The summed E-state index contributed by atoms with van der Waals surface area (Å²) in [7, 11) is 3.45. The Morgan fingerprint density at radius 2 is 2.06 bits per heavy atom. The summed E-state index contributed by atoms with van der Waals surface area (Å²) in [6, 6.07) is 4.49. The fraction of sp³-hybridized carbons (Fsp3) is 0.364. The zero-order chi connectivity index (χ0) is 12.3. The molecule has 16 heavy (non-hydrogen) atoms. The summed E-state index contributed by atoms with van der Waals surface area (Å²) in [5.74, 6) is -0.865. The van der Waals surface area contributed by atoms with Crippen molar-refractivity contribution in [2.45, 2.75) is 12.5 Å². The summed E-state index contributed by atoms with van der Waals surface area (Å²) in [5.41, 5.74) is 0.784. The van der Waals surface area contributed by atoms with Gasteiger partial charge in [0.25, 0.3) is 0 Å². The van der Waals surface area contributed by atoms with Gasteiger partial charge in [0.1, 0.15) is 6.04 Å². The first-order valence-corrected chi connectivity index (χ1v) is 5.50. The second-order valence-electron chi connectivity index (χ2n) is 3.76. The smallest absolute Gasteiger partial charge is 0.321 e. The topological polar surface area (TPSA) is 40.5 Å². The molecule has 1 N–H and O–H groups in total. The molecule has 1 aromatic carbocycles. The van der Waals surface area contributed by atoms with Gasteiger partial charge in [0.15, 0.2) is 0 Å². The summed E-state index contributed by atoms with van der Waals surface area (Å²) in [4.78, 5) is 12.7. The van der Waals surface area contributed by atoms with Gasteiger partial charge in [0.2, 0.25) is 0 Å². The third-order valence-electron chi connectivity index (χ3n) is 2.34. The molecule has 3 nitrogen and oxygen atoms in total. The predicted molar refractivity (Wildman–Crippen MR) is 65.3 cm³/mol. The minimum atomic E-state index is -0.865. The Hall–Kier alpha value is -0.770. The number of rotatable bonds is 4. The van der Waals surface area contributed by atoms with Crippen molar-refractivity contribution in [3.63, 3.8) is 0 Å². The fourth-order valence-corrected chi connectivity index (χ4v) is 1.87. The van der Waals surface area contributed by atoms with E-state index in [0.29, 0.717) is 16.5 Å². The van der Waals surface area contributed by atoms with E-state index in [4.69, 9.17) is 28.3 Å². The number of aliphatic carboxylic acids is 1. The Bertz CT molecular complexity index is 394. The third kappa shape index (κ3) is 3.37. The molecular weight excluding hydrogens is 249 g/mol. The number of likely N-dealkylation sites (N-methyl/N-ethyl adjacent to an activating group) is 1. The molecule has 0 aliphatic carbocycles. The number of carboxylic acids is 1. The molecule has 1 rings (SSSR count). The quantitative estimate of drug-likeness (QED) is 0.906. The van der Waals surface area contributed by atoms with Crippen LogP contribution in [0, 0.1) is 0 Å². The minimum Gasteiger partial charge on any atom is -0.480 e. The highest BCUT2D eigenvalue weighted by atomic mass is 35.5. The summed E-state index contributed by atoms with van der Waals surface area (Å²) in [6.45, 7) is 0. The van der Waals surface area contributed by atoms with Crippen molar-refractivity contribution >= 4 is 29.2 Å². The maximum Gasteiger partial charge on any atom is 0.321 e. The van der Waals surface area contributed by atoms with E-state index in [1.54, 1.807) is 37.2 Å². The van der Waals surface area contributed by atoms with Crippen LogP contribution in [-0.4, -0.2) is 36.1 Å². The van der Waals surface area contributed by atoms with Gasteiger partial charge in [-0.05, 0) is 31.8 Å². The van der Waals surface area contributed by atoms with Crippen molar-refractivity contribution in [3.05, 3.63) is 33.8 Å². The number of benzene rings is 1. The molecule has 0 saturated carbocycles. The van der Waals surface area contributed by atoms with Gasteiger partial charge in [-0.3, -0.25) is 9.69 Å². The maximum atomic E-state index is 11.0. The van der Waals surface area contributed by atoms with Crippen LogP contribution in [0.15, 0.2) is 18.2 Å². The highest BCUT2D eigenvalue weighted by molar-refractivity contribution is 6.35. The Labute approximate surface area is 105 Å². The molecular formula is C11H13Cl2NO2. The average molecular weight is 262 g/mol. The van der Waals surface area contributed by atoms with Crippen molar-refractivity contribution in [2.24, 2.45) is 0 Å². The van der Waals surface area contributed by atoms with E-state index in [2.05, 4.69) is 0 Å². The standard InChI is InChI=1S/C11H13Cl2NO2/c1-14(2)10(11(15)16)5-7-3-4-8(12)6-9(7)13/h3-4,6,10H,5H2,1-2H3,(H,15,16). The number of nitrogens with zero attached hydrogens (tertiary/aromatic N) is 1. The van der Waals surface area contributed by atoms with Gasteiger partial charge in [-0.2, -0.15) is 0 Å². The van der Waals surface area contributed by atoms with E-state index >= 15 is 0 Å². The second kappa shape index (κ2) is 5.53. The lowest BCUT2D eigenvalue weighted by Crippen LogP contribution is -2.37. The summed E-state index contributed by atoms with van der Waals surface area (Å²) < 4.78 is 0. The van der Waals surface area contributed by atoms with Crippen LogP contribution in [0.3, 0.4) is 0 Å². The first-order chi connectivity index (χ1) is 7.41. The molecule has 88 valence electrons. The lowest BCUT2D eigenvalue weighted by atomic mass is 10.1. The van der Waals surface area contributed by atoms with Crippen LogP contribution in [0.4, 0.5) is 0 Å². The second-order valence-corrected chi connectivity index (χ2v) is 4.60. The summed E-state index contributed by atoms with van der Waals surface area (Å²) in [5, 5.41) is 10.1. The van der Waals surface area contributed by atoms with Crippen molar-refractivity contribution in [3.8, 4) is 0 Å². The average Bonchev–Trinajstić information content (AvgIpc) is 2.15. The van der Waals surface area contributed by atoms with Crippen molar-refractivity contribution in [1.82, 2.24) is 4.90 Å². The third-order valence-corrected chi connectivity index (χ3v) is 2.92. The van der Waals surface area contributed by atoms with Gasteiger partial charge >= 0.3 is 5.97 Å². The zero-order valence-electron chi connectivity index (χ0n) is 9.08. The molecule has 0 aliphatic rings. The van der Waals surface area contributed by atoms with E-state index in [1.165, 1.54) is 0 Å². The van der Waals surface area contributed by atoms with E-state index in [-0.39, 0.29) is 0 Å². The molecule has 0 bridgehead atoms. The van der Waals surface area contributed by atoms with Crippen molar-refractivity contribution in [1.29, 1.82) is 0 Å². The lowest BCUT2D eigenvalue weighted by molar-refractivity contribution is -0.142. The Morgan fingerprint density at radius 3 is 2.50 bits per heavy atom. The van der Waals surface area contributed by atoms with Crippen LogP contribution >= 0.6 is 23.2 Å². The van der Waals surface area contributed by atoms with Gasteiger partial charge in [0.05, 0.1) is 0 Å². The number of halogens is 2. The minimum absolute atomic E-state index is 0.359. The first kappa shape index (κ1) is 13.3. The number of carbonyl (C=O) groups is 1. The van der Waals surface area contributed by atoms with E-state index in [1.807, 2.05) is 0 Å². The predicted octanol–water partition coefficient (Wildman–Crippen LogP) is 2.55. The Balaban J connectivity index is 2.90.